The maximum Gasteiger partial charge on any atom is 0.335 e. The van der Waals surface area contributed by atoms with Gasteiger partial charge in [-0.15, -0.1) is 24.8 Å². The van der Waals surface area contributed by atoms with Gasteiger partial charge in [-0.25, -0.2) is 4.79 Å². The van der Waals surface area contributed by atoms with Gasteiger partial charge in [-0.05, 0) is 18.2 Å². The Morgan fingerprint density at radius 3 is 2.47 bits per heavy atom. The fraction of sp³-hybridized carbons (Fsp3) is 0.364. The van der Waals surface area contributed by atoms with Crippen LogP contribution in [-0.4, -0.2) is 37.3 Å². The first-order valence-corrected chi connectivity index (χ1v) is 5.06. The zero-order valence-corrected chi connectivity index (χ0v) is 10.9. The second-order valence-electron chi connectivity index (χ2n) is 3.59. The lowest BCUT2D eigenvalue weighted by atomic mass is 10.2. The smallest absolute Gasteiger partial charge is 0.335 e. The summed E-state index contributed by atoms with van der Waals surface area (Å²) in [4.78, 5) is 13.0. The maximum atomic E-state index is 10.8. The molecule has 0 atom stereocenters. The Morgan fingerprint density at radius 1 is 1.24 bits per heavy atom. The Balaban J connectivity index is 0.00000128. The number of carboxylic acid groups (broad SMARTS) is 1. The summed E-state index contributed by atoms with van der Waals surface area (Å²) < 4.78 is 0. The molecule has 0 aromatic heterocycles. The van der Waals surface area contributed by atoms with Gasteiger partial charge in [0.1, 0.15) is 0 Å². The molecule has 0 saturated carbocycles. The van der Waals surface area contributed by atoms with Crippen molar-refractivity contribution in [3.63, 3.8) is 0 Å². The van der Waals surface area contributed by atoms with Crippen LogP contribution >= 0.6 is 24.8 Å². The molecule has 1 aromatic carbocycles. The molecule has 1 aromatic rings. The molecule has 17 heavy (non-hydrogen) atoms. The minimum Gasteiger partial charge on any atom is -0.478 e. The zero-order chi connectivity index (χ0) is 10.7. The first-order chi connectivity index (χ1) is 7.27. The van der Waals surface area contributed by atoms with Gasteiger partial charge < -0.3 is 15.3 Å². The van der Waals surface area contributed by atoms with Gasteiger partial charge in [0.25, 0.3) is 0 Å². The Kier molecular flexibility index (Phi) is 6.95. The summed E-state index contributed by atoms with van der Waals surface area (Å²) in [6.45, 7) is 3.78. The molecule has 1 heterocycles. The van der Waals surface area contributed by atoms with Crippen molar-refractivity contribution in [2.45, 2.75) is 0 Å². The van der Waals surface area contributed by atoms with Gasteiger partial charge in [0.05, 0.1) is 5.56 Å². The van der Waals surface area contributed by atoms with E-state index in [2.05, 4.69) is 10.2 Å². The number of halogens is 2. The van der Waals surface area contributed by atoms with Crippen molar-refractivity contribution in [1.82, 2.24) is 5.32 Å². The minimum atomic E-state index is -0.869. The second-order valence-corrected chi connectivity index (χ2v) is 3.59. The number of aromatic carboxylic acids is 1. The van der Waals surface area contributed by atoms with Crippen LogP contribution in [-0.2, 0) is 0 Å². The molecule has 0 spiro atoms. The number of hydrogen-bond acceptors (Lipinski definition) is 3. The summed E-state index contributed by atoms with van der Waals surface area (Å²) in [7, 11) is 0. The Labute approximate surface area is 113 Å². The molecule has 1 aliphatic rings. The van der Waals surface area contributed by atoms with E-state index in [0.29, 0.717) is 5.56 Å². The zero-order valence-electron chi connectivity index (χ0n) is 9.26. The summed E-state index contributed by atoms with van der Waals surface area (Å²) in [6, 6.07) is 7.10. The van der Waals surface area contributed by atoms with Crippen molar-refractivity contribution >= 4 is 36.5 Å². The van der Waals surface area contributed by atoms with Crippen LogP contribution < -0.4 is 10.2 Å². The summed E-state index contributed by atoms with van der Waals surface area (Å²) in [5.41, 5.74) is 1.35. The van der Waals surface area contributed by atoms with Crippen LogP contribution in [0.5, 0.6) is 0 Å². The quantitative estimate of drug-likeness (QED) is 0.864. The SMILES string of the molecule is Cl.Cl.O=C(O)c1cccc(N2CCNCC2)c1. The van der Waals surface area contributed by atoms with Crippen molar-refractivity contribution in [1.29, 1.82) is 0 Å². The monoisotopic (exact) mass is 278 g/mol. The number of anilines is 1. The van der Waals surface area contributed by atoms with E-state index in [-0.39, 0.29) is 24.8 Å². The summed E-state index contributed by atoms with van der Waals surface area (Å²) in [6.07, 6.45) is 0. The molecule has 0 radical (unpaired) electrons. The molecule has 96 valence electrons. The van der Waals surface area contributed by atoms with Gasteiger partial charge in [-0.3, -0.25) is 0 Å². The van der Waals surface area contributed by atoms with Gasteiger partial charge >= 0.3 is 5.97 Å². The molecule has 6 heteroatoms. The van der Waals surface area contributed by atoms with Crippen molar-refractivity contribution < 1.29 is 9.90 Å². The van der Waals surface area contributed by atoms with E-state index in [0.717, 1.165) is 31.9 Å². The molecule has 0 amide bonds. The molecule has 0 bridgehead atoms. The predicted octanol–water partition coefficient (Wildman–Crippen LogP) is 1.64. The van der Waals surface area contributed by atoms with Crippen molar-refractivity contribution in [2.75, 3.05) is 31.1 Å². The highest BCUT2D eigenvalue weighted by Crippen LogP contribution is 2.16. The van der Waals surface area contributed by atoms with E-state index in [9.17, 15) is 4.79 Å². The van der Waals surface area contributed by atoms with E-state index in [1.165, 1.54) is 0 Å². The van der Waals surface area contributed by atoms with Crippen LogP contribution in [0.2, 0.25) is 0 Å². The van der Waals surface area contributed by atoms with E-state index in [4.69, 9.17) is 5.11 Å². The molecule has 0 aliphatic carbocycles. The Morgan fingerprint density at radius 2 is 1.88 bits per heavy atom. The van der Waals surface area contributed by atoms with Gasteiger partial charge in [0.2, 0.25) is 0 Å². The average molecular weight is 279 g/mol. The van der Waals surface area contributed by atoms with Crippen LogP contribution in [0.1, 0.15) is 10.4 Å². The third kappa shape index (κ3) is 4.07. The maximum absolute atomic E-state index is 10.8. The lowest BCUT2D eigenvalue weighted by molar-refractivity contribution is 0.0697. The highest BCUT2D eigenvalue weighted by atomic mass is 35.5. The van der Waals surface area contributed by atoms with Crippen molar-refractivity contribution in [3.8, 4) is 0 Å². The largest absolute Gasteiger partial charge is 0.478 e. The van der Waals surface area contributed by atoms with Gasteiger partial charge in [-0.1, -0.05) is 6.07 Å². The fourth-order valence-electron chi connectivity index (χ4n) is 1.76. The first-order valence-electron chi connectivity index (χ1n) is 5.06. The van der Waals surface area contributed by atoms with Gasteiger partial charge in [0, 0.05) is 31.9 Å². The first kappa shape index (κ1) is 16.0. The van der Waals surface area contributed by atoms with E-state index < -0.39 is 5.97 Å². The van der Waals surface area contributed by atoms with Crippen LogP contribution in [0.15, 0.2) is 24.3 Å². The lowest BCUT2D eigenvalue weighted by Gasteiger charge is -2.29. The third-order valence-corrected chi connectivity index (χ3v) is 2.58. The normalized spacial score (nSPS) is 14.5. The second kappa shape index (κ2) is 7.37. The summed E-state index contributed by atoms with van der Waals surface area (Å²) in [5.74, 6) is -0.869. The molecule has 1 saturated heterocycles. The molecule has 4 nitrogen and oxygen atoms in total. The van der Waals surface area contributed by atoms with Crippen molar-refractivity contribution in [3.05, 3.63) is 29.8 Å². The molecular weight excluding hydrogens is 263 g/mol. The average Bonchev–Trinajstić information content (AvgIpc) is 2.30. The minimum absolute atomic E-state index is 0. The number of carbonyl (C=O) groups is 1. The Bertz CT molecular complexity index is 368. The number of rotatable bonds is 2. The Hall–Kier alpha value is -0.970. The van der Waals surface area contributed by atoms with Crippen LogP contribution in [0.3, 0.4) is 0 Å². The number of nitrogens with one attached hydrogen (secondary N) is 1. The number of nitrogens with zero attached hydrogens (tertiary/aromatic N) is 1. The summed E-state index contributed by atoms with van der Waals surface area (Å²) in [5, 5.41) is 12.1. The highest BCUT2D eigenvalue weighted by Gasteiger charge is 2.11. The van der Waals surface area contributed by atoms with E-state index in [1.807, 2.05) is 6.07 Å². The summed E-state index contributed by atoms with van der Waals surface area (Å²) >= 11 is 0. The van der Waals surface area contributed by atoms with Crippen LogP contribution in [0, 0.1) is 0 Å². The highest BCUT2D eigenvalue weighted by molar-refractivity contribution is 5.88. The topological polar surface area (TPSA) is 52.6 Å². The van der Waals surface area contributed by atoms with E-state index in [1.54, 1.807) is 18.2 Å². The number of piperazine rings is 1. The lowest BCUT2D eigenvalue weighted by Crippen LogP contribution is -2.43. The number of benzene rings is 1. The van der Waals surface area contributed by atoms with Crippen LogP contribution in [0.25, 0.3) is 0 Å². The number of hydrogen-bond donors (Lipinski definition) is 2. The molecule has 0 unspecified atom stereocenters. The molecular formula is C11H16Cl2N2O2. The molecule has 2 N–H and O–H groups in total. The van der Waals surface area contributed by atoms with Gasteiger partial charge in [-0.2, -0.15) is 0 Å². The number of carboxylic acids is 1. The standard InChI is InChI=1S/C11H14N2O2.2ClH/c14-11(15)9-2-1-3-10(8-9)13-6-4-12-5-7-13;;/h1-3,8,12H,4-7H2,(H,14,15);2*1H. The van der Waals surface area contributed by atoms with Gasteiger partial charge in [0.15, 0.2) is 0 Å². The third-order valence-electron chi connectivity index (χ3n) is 2.58. The fourth-order valence-corrected chi connectivity index (χ4v) is 1.76. The van der Waals surface area contributed by atoms with Crippen LogP contribution in [0.4, 0.5) is 5.69 Å². The molecule has 2 rings (SSSR count). The molecule has 1 fully saturated rings. The van der Waals surface area contributed by atoms with E-state index >= 15 is 0 Å². The molecule has 1 aliphatic heterocycles. The predicted molar refractivity (Wildman–Crippen MR) is 73.0 cm³/mol. The van der Waals surface area contributed by atoms with Crippen molar-refractivity contribution in [2.24, 2.45) is 0 Å².